The molecule has 3 rings (SSSR count). The summed E-state index contributed by atoms with van der Waals surface area (Å²) in [6.45, 7) is -0.184. The van der Waals surface area contributed by atoms with Crippen molar-refractivity contribution in [3.8, 4) is 11.1 Å². The summed E-state index contributed by atoms with van der Waals surface area (Å²) in [4.78, 5) is 8.18. The smallest absolute Gasteiger partial charge is 0.390 e. The van der Waals surface area contributed by atoms with Crippen LogP contribution >= 0.6 is 0 Å². The van der Waals surface area contributed by atoms with Crippen LogP contribution in [0.15, 0.2) is 47.8 Å². The van der Waals surface area contributed by atoms with Gasteiger partial charge in [0.25, 0.3) is 0 Å². The molecule has 1 aliphatic rings. The molecule has 0 aliphatic carbocycles. The first-order chi connectivity index (χ1) is 11.3. The zero-order valence-electron chi connectivity index (χ0n) is 12.3. The van der Waals surface area contributed by atoms with Crippen molar-refractivity contribution in [2.24, 2.45) is 5.16 Å². The van der Waals surface area contributed by atoms with Gasteiger partial charge in [-0.05, 0) is 28.8 Å². The molecule has 0 radical (unpaired) electrons. The van der Waals surface area contributed by atoms with E-state index >= 15 is 0 Å². The summed E-state index contributed by atoms with van der Waals surface area (Å²) in [5.41, 5.74) is 2.58. The lowest BCUT2D eigenvalue weighted by atomic mass is 9.99. The second kappa shape index (κ2) is 5.88. The van der Waals surface area contributed by atoms with Crippen molar-refractivity contribution < 1.29 is 28.2 Å². The Morgan fingerprint density at radius 1 is 1.08 bits per heavy atom. The van der Waals surface area contributed by atoms with Gasteiger partial charge in [-0.3, -0.25) is 4.98 Å². The van der Waals surface area contributed by atoms with E-state index in [0.717, 1.165) is 11.1 Å². The third-order valence-electron chi connectivity index (χ3n) is 3.69. The molecule has 0 saturated heterocycles. The molecule has 2 heterocycles. The van der Waals surface area contributed by atoms with E-state index in [-0.39, 0.29) is 12.3 Å². The van der Waals surface area contributed by atoms with E-state index in [2.05, 4.69) is 15.0 Å². The summed E-state index contributed by atoms with van der Waals surface area (Å²) in [6, 6.07) is 10.1. The Bertz CT molecular complexity index is 775. The van der Waals surface area contributed by atoms with Crippen LogP contribution in [0.3, 0.4) is 0 Å². The number of oxime groups is 1. The Hall–Kier alpha value is -2.45. The fourth-order valence-corrected chi connectivity index (χ4v) is 2.33. The van der Waals surface area contributed by atoms with Gasteiger partial charge in [0.05, 0.1) is 24.4 Å². The molecule has 24 heavy (non-hydrogen) atoms. The molecule has 1 aromatic carbocycles. The second-order valence-electron chi connectivity index (χ2n) is 5.36. The minimum atomic E-state index is -4.92. The average Bonchev–Trinajstić information content (AvgIpc) is 2.99. The summed E-state index contributed by atoms with van der Waals surface area (Å²) in [6.07, 6.45) is -4.12. The molecular weight excluding hydrogens is 325 g/mol. The maximum Gasteiger partial charge on any atom is 0.458 e. The number of hydrogen-bond donors (Lipinski definition) is 2. The van der Waals surface area contributed by atoms with Gasteiger partial charge in [0.15, 0.2) is 0 Å². The van der Waals surface area contributed by atoms with E-state index in [1.165, 1.54) is 0 Å². The Morgan fingerprint density at radius 2 is 1.75 bits per heavy atom. The summed E-state index contributed by atoms with van der Waals surface area (Å²) >= 11 is 0. The quantitative estimate of drug-likeness (QED) is 0.902. The normalized spacial score (nSPS) is 20.6. The Kier molecular flexibility index (Phi) is 4.02. The minimum absolute atomic E-state index is 0.0205. The Balaban J connectivity index is 1.81. The average molecular weight is 338 g/mol. The zero-order valence-corrected chi connectivity index (χ0v) is 12.3. The van der Waals surface area contributed by atoms with Crippen molar-refractivity contribution in [1.82, 2.24) is 4.98 Å². The van der Waals surface area contributed by atoms with Gasteiger partial charge in [-0.2, -0.15) is 13.2 Å². The number of benzene rings is 1. The largest absolute Gasteiger partial charge is 0.458 e. The van der Waals surface area contributed by atoms with Crippen LogP contribution in [0.1, 0.15) is 17.7 Å². The predicted molar refractivity (Wildman–Crippen MR) is 78.8 cm³/mol. The standard InChI is InChI=1S/C16H13F3N2O3/c17-16(18,19)15(23)8-14(21-24-15)11-3-1-10(2-4-11)12-5-6-20-13(7-12)9-22/h1-7,22-23H,8-9H2. The number of pyridine rings is 1. The fourth-order valence-electron chi connectivity index (χ4n) is 2.33. The third kappa shape index (κ3) is 2.98. The summed E-state index contributed by atoms with van der Waals surface area (Å²) in [7, 11) is 0. The van der Waals surface area contributed by atoms with E-state index in [1.54, 1.807) is 42.6 Å². The predicted octanol–water partition coefficient (Wildman–Crippen LogP) is 2.62. The number of alkyl halides is 3. The van der Waals surface area contributed by atoms with Crippen LogP contribution in [0, 0.1) is 0 Å². The number of nitrogens with zero attached hydrogens (tertiary/aromatic N) is 2. The first kappa shape index (κ1) is 16.4. The van der Waals surface area contributed by atoms with Crippen LogP contribution in [0.5, 0.6) is 0 Å². The molecule has 0 bridgehead atoms. The highest BCUT2D eigenvalue weighted by Crippen LogP contribution is 2.39. The van der Waals surface area contributed by atoms with Gasteiger partial charge in [0, 0.05) is 6.20 Å². The Labute approximate surface area is 135 Å². The molecule has 0 spiro atoms. The van der Waals surface area contributed by atoms with Gasteiger partial charge >= 0.3 is 12.0 Å². The van der Waals surface area contributed by atoms with Crippen molar-refractivity contribution in [3.63, 3.8) is 0 Å². The molecule has 8 heteroatoms. The molecule has 5 nitrogen and oxygen atoms in total. The lowest BCUT2D eigenvalue weighted by molar-refractivity contribution is -0.355. The SMILES string of the molecule is OCc1cc(-c2ccc(C3=NOC(O)(C(F)(F)F)C3)cc2)ccn1. The van der Waals surface area contributed by atoms with Crippen LogP contribution in [0.4, 0.5) is 13.2 Å². The van der Waals surface area contributed by atoms with E-state index < -0.39 is 18.4 Å². The minimum Gasteiger partial charge on any atom is -0.390 e. The molecule has 1 aromatic heterocycles. The molecule has 1 atom stereocenters. The number of aliphatic hydroxyl groups excluding tert-OH is 1. The first-order valence-corrected chi connectivity index (χ1v) is 7.03. The Morgan fingerprint density at radius 3 is 2.33 bits per heavy atom. The zero-order chi connectivity index (χ0) is 17.4. The number of rotatable bonds is 3. The molecule has 1 unspecified atom stereocenters. The van der Waals surface area contributed by atoms with E-state index in [0.29, 0.717) is 11.3 Å². The molecule has 0 saturated carbocycles. The van der Waals surface area contributed by atoms with Crippen molar-refractivity contribution in [1.29, 1.82) is 0 Å². The summed E-state index contributed by atoms with van der Waals surface area (Å²) < 4.78 is 38.1. The lowest BCUT2D eigenvalue weighted by Gasteiger charge is -2.22. The van der Waals surface area contributed by atoms with Crippen LogP contribution in [-0.2, 0) is 11.4 Å². The molecule has 0 fully saturated rings. The monoisotopic (exact) mass is 338 g/mol. The third-order valence-corrected chi connectivity index (χ3v) is 3.69. The lowest BCUT2D eigenvalue weighted by Crippen LogP contribution is -2.45. The fraction of sp³-hybridized carbons (Fsp3) is 0.250. The molecule has 126 valence electrons. The maximum atomic E-state index is 12.7. The van der Waals surface area contributed by atoms with Gasteiger partial charge < -0.3 is 15.1 Å². The van der Waals surface area contributed by atoms with Crippen LogP contribution in [0.2, 0.25) is 0 Å². The molecule has 1 aliphatic heterocycles. The molecule has 0 amide bonds. The van der Waals surface area contributed by atoms with Gasteiger partial charge in [0.2, 0.25) is 0 Å². The maximum absolute atomic E-state index is 12.7. The van der Waals surface area contributed by atoms with Crippen LogP contribution in [-0.4, -0.2) is 32.9 Å². The summed E-state index contributed by atoms with van der Waals surface area (Å²) in [5, 5.41) is 21.9. The highest BCUT2D eigenvalue weighted by atomic mass is 19.4. The number of aromatic nitrogens is 1. The van der Waals surface area contributed by atoms with Gasteiger partial charge in [-0.25, -0.2) is 0 Å². The second-order valence-corrected chi connectivity index (χ2v) is 5.36. The van der Waals surface area contributed by atoms with Crippen molar-refractivity contribution >= 4 is 5.71 Å². The van der Waals surface area contributed by atoms with E-state index in [9.17, 15) is 18.3 Å². The van der Waals surface area contributed by atoms with Gasteiger partial charge in [-0.15, -0.1) is 0 Å². The van der Waals surface area contributed by atoms with Crippen molar-refractivity contribution in [3.05, 3.63) is 53.9 Å². The van der Waals surface area contributed by atoms with Gasteiger partial charge in [0.1, 0.15) is 0 Å². The van der Waals surface area contributed by atoms with Gasteiger partial charge in [-0.1, -0.05) is 29.4 Å². The van der Waals surface area contributed by atoms with E-state index in [4.69, 9.17) is 5.11 Å². The topological polar surface area (TPSA) is 74.9 Å². The molecule has 2 aromatic rings. The first-order valence-electron chi connectivity index (χ1n) is 7.03. The van der Waals surface area contributed by atoms with Crippen LogP contribution < -0.4 is 0 Å². The molecular formula is C16H13F3N2O3. The van der Waals surface area contributed by atoms with Crippen LogP contribution in [0.25, 0.3) is 11.1 Å². The highest BCUT2D eigenvalue weighted by molar-refractivity contribution is 6.01. The van der Waals surface area contributed by atoms with Crippen molar-refractivity contribution in [2.75, 3.05) is 0 Å². The highest BCUT2D eigenvalue weighted by Gasteiger charge is 2.60. The number of halogens is 3. The molecule has 2 N–H and O–H groups in total. The van der Waals surface area contributed by atoms with E-state index in [1.807, 2.05) is 0 Å². The number of hydrogen-bond acceptors (Lipinski definition) is 5. The van der Waals surface area contributed by atoms with Crippen molar-refractivity contribution in [2.45, 2.75) is 25.0 Å². The summed E-state index contributed by atoms with van der Waals surface area (Å²) in [5.74, 6) is -3.28. The number of aliphatic hydroxyl groups is 2.